The number of aryl methyl sites for hydroxylation is 2. The molecule has 0 spiro atoms. The largest absolute Gasteiger partial charge is 0.329 e. The van der Waals surface area contributed by atoms with Crippen LogP contribution in [0.2, 0.25) is 0 Å². The first kappa shape index (κ1) is 14.5. The first-order chi connectivity index (χ1) is 17.1. The van der Waals surface area contributed by atoms with Gasteiger partial charge in [0.1, 0.15) is 5.82 Å². The van der Waals surface area contributed by atoms with Gasteiger partial charge in [0.15, 0.2) is 0 Å². The quantitative estimate of drug-likeness (QED) is 0.486. The Kier molecular flexibility index (Phi) is 3.57. The van der Waals surface area contributed by atoms with Gasteiger partial charge in [-0.25, -0.2) is 18.5 Å². The molecule has 9 nitrogen and oxygen atoms in total. The second-order valence-corrected chi connectivity index (χ2v) is 8.36. The highest BCUT2D eigenvalue weighted by atomic mass is 32.2. The molecular formula is C21H23N7O2S. The lowest BCUT2D eigenvalue weighted by atomic mass is 10.2. The van der Waals surface area contributed by atoms with E-state index in [2.05, 4.69) is 20.4 Å². The van der Waals surface area contributed by atoms with E-state index in [0.29, 0.717) is 5.52 Å². The number of sulfonamides is 1. The normalized spacial score (nSPS) is 14.8. The molecule has 2 heterocycles. The fourth-order valence-electron chi connectivity index (χ4n) is 3.04. The Morgan fingerprint density at radius 3 is 2.81 bits per heavy atom. The van der Waals surface area contributed by atoms with Gasteiger partial charge in [-0.1, -0.05) is 6.04 Å². The molecule has 10 heteroatoms. The van der Waals surface area contributed by atoms with Gasteiger partial charge < -0.3 is 10.2 Å². The fourth-order valence-corrected chi connectivity index (χ4v) is 3.76. The summed E-state index contributed by atoms with van der Waals surface area (Å²) in [5.74, 6) is -0.250. The highest BCUT2D eigenvalue weighted by Gasteiger charge is 2.14. The third kappa shape index (κ3) is 4.07. The van der Waals surface area contributed by atoms with Crippen LogP contribution in [0.5, 0.6) is 0 Å². The first-order valence-corrected chi connectivity index (χ1v) is 10.6. The minimum Gasteiger partial charge on any atom is -0.329 e. The van der Waals surface area contributed by atoms with Crippen LogP contribution in [0.1, 0.15) is 19.5 Å². The zero-order valence-corrected chi connectivity index (χ0v) is 17.7. The lowest BCUT2D eigenvalue weighted by Crippen LogP contribution is -2.14. The molecule has 2 aromatic carbocycles. The van der Waals surface area contributed by atoms with Crippen LogP contribution in [0.15, 0.2) is 53.5 Å². The number of anilines is 4. The Hall–Kier alpha value is -3.50. The molecule has 2 aromatic heterocycles. The number of hydrogen-bond donors (Lipinski definition) is 2. The number of nitrogens with two attached hydrogens (primary N) is 1. The first-order valence-electron chi connectivity index (χ1n) is 12.1. The Balaban J connectivity index is 1.82. The predicted molar refractivity (Wildman–Crippen MR) is 121 cm³/mol. The number of hydrogen-bond acceptors (Lipinski definition) is 7. The molecule has 4 aromatic rings. The van der Waals surface area contributed by atoms with Crippen LogP contribution in [-0.4, -0.2) is 35.1 Å². The van der Waals surface area contributed by atoms with E-state index in [1.807, 2.05) is 6.92 Å². The van der Waals surface area contributed by atoms with Crippen molar-refractivity contribution in [2.24, 2.45) is 12.2 Å². The van der Waals surface area contributed by atoms with E-state index < -0.39 is 40.0 Å². The molecule has 160 valence electrons. The summed E-state index contributed by atoms with van der Waals surface area (Å²) in [6, 6.07) is 4.86. The lowest BCUT2D eigenvalue weighted by molar-refractivity contribution is 0.597. The van der Waals surface area contributed by atoms with E-state index in [-0.39, 0.29) is 28.7 Å². The molecule has 0 saturated carbocycles. The molecule has 0 bridgehead atoms. The monoisotopic (exact) mass is 443 g/mol. The average Bonchev–Trinajstić information content (AvgIpc) is 3.07. The Bertz CT molecular complexity index is 1650. The van der Waals surface area contributed by atoms with Gasteiger partial charge in [-0.2, -0.15) is 10.1 Å². The smallest absolute Gasteiger partial charge is 0.238 e. The van der Waals surface area contributed by atoms with Gasteiger partial charge in [-0.15, -0.1) is 0 Å². The van der Waals surface area contributed by atoms with Gasteiger partial charge in [0, 0.05) is 46.8 Å². The van der Waals surface area contributed by atoms with Crippen molar-refractivity contribution < 1.29 is 16.6 Å². The van der Waals surface area contributed by atoms with E-state index in [4.69, 9.17) is 13.4 Å². The van der Waals surface area contributed by atoms with Crippen molar-refractivity contribution >= 4 is 44.1 Å². The summed E-state index contributed by atoms with van der Waals surface area (Å²) in [6.45, 7) is 0.519. The molecule has 3 N–H and O–H groups in total. The molecule has 0 aliphatic heterocycles. The molecule has 0 amide bonds. The van der Waals surface area contributed by atoms with Crippen molar-refractivity contribution in [3.8, 4) is 0 Å². The molecule has 0 radical (unpaired) electrons. The summed E-state index contributed by atoms with van der Waals surface area (Å²) in [4.78, 5) is 8.68. The highest BCUT2D eigenvalue weighted by molar-refractivity contribution is 7.89. The maximum absolute atomic E-state index is 12.0. The maximum atomic E-state index is 12.0. The summed E-state index contributed by atoms with van der Waals surface area (Å²) in [5.41, 5.74) is 1.31. The summed E-state index contributed by atoms with van der Waals surface area (Å²) in [7, 11) is -2.59. The molecule has 0 aliphatic carbocycles. The number of fused-ring (bicyclic) bond motifs is 1. The van der Waals surface area contributed by atoms with Crippen molar-refractivity contribution in [2.75, 3.05) is 17.2 Å². The average molecular weight is 444 g/mol. The van der Waals surface area contributed by atoms with E-state index in [0.717, 1.165) is 16.0 Å². The molecule has 4 rings (SSSR count). The van der Waals surface area contributed by atoms with Crippen LogP contribution in [0.25, 0.3) is 10.9 Å². The van der Waals surface area contributed by atoms with Crippen LogP contribution < -0.4 is 15.4 Å². The Morgan fingerprint density at radius 2 is 2.06 bits per heavy atom. The number of primary sulfonamides is 1. The topological polar surface area (TPSA) is 119 Å². The van der Waals surface area contributed by atoms with Crippen molar-refractivity contribution in [3.63, 3.8) is 0 Å². The number of rotatable bonds is 5. The van der Waals surface area contributed by atoms with Crippen LogP contribution in [0.4, 0.5) is 23.1 Å². The lowest BCUT2D eigenvalue weighted by Gasteiger charge is -2.19. The highest BCUT2D eigenvalue weighted by Crippen LogP contribution is 2.28. The SMILES string of the molecule is [2H]c1c([2H])c(Nc2nccc(N(c3ccc4c(C)n(C)nc4c3)C([2H])([2H])[2H])n2)c([2H])c(S(N)(=O)=O)c1C. The molecule has 0 saturated heterocycles. The molecule has 0 unspecified atom stereocenters. The Labute approximate surface area is 189 Å². The van der Waals surface area contributed by atoms with Crippen LogP contribution >= 0.6 is 0 Å². The van der Waals surface area contributed by atoms with E-state index in [1.54, 1.807) is 29.9 Å². The van der Waals surface area contributed by atoms with Crippen molar-refractivity contribution in [2.45, 2.75) is 18.7 Å². The van der Waals surface area contributed by atoms with Gasteiger partial charge in [0.25, 0.3) is 0 Å². The number of nitrogens with one attached hydrogen (secondary N) is 1. The van der Waals surface area contributed by atoms with Gasteiger partial charge in [0.2, 0.25) is 16.0 Å². The van der Waals surface area contributed by atoms with Gasteiger partial charge in [-0.3, -0.25) is 4.68 Å². The van der Waals surface area contributed by atoms with Crippen LogP contribution in [0, 0.1) is 13.8 Å². The summed E-state index contributed by atoms with van der Waals surface area (Å²) in [6.07, 6.45) is 1.27. The van der Waals surface area contributed by atoms with Gasteiger partial charge in [0.05, 0.1) is 14.5 Å². The summed E-state index contributed by atoms with van der Waals surface area (Å²) < 4.78 is 74.8. The number of nitrogens with zero attached hydrogens (tertiary/aromatic N) is 5. The molecule has 0 atom stereocenters. The van der Waals surface area contributed by atoms with E-state index in [1.165, 1.54) is 19.2 Å². The van der Waals surface area contributed by atoms with Gasteiger partial charge >= 0.3 is 0 Å². The summed E-state index contributed by atoms with van der Waals surface area (Å²) >= 11 is 0. The maximum Gasteiger partial charge on any atom is 0.238 e. The molecule has 0 aliphatic rings. The Morgan fingerprint density at radius 1 is 1.26 bits per heavy atom. The van der Waals surface area contributed by atoms with E-state index in [9.17, 15) is 8.42 Å². The predicted octanol–water partition coefficient (Wildman–Crippen LogP) is 3.14. The minimum absolute atomic E-state index is 0.0348. The molecule has 31 heavy (non-hydrogen) atoms. The van der Waals surface area contributed by atoms with Crippen molar-refractivity contribution in [3.05, 3.63) is 59.8 Å². The standard InChI is InChI=1S/C21H23N7O2S/c1-13-5-6-15(11-19(13)31(22,29)30)24-21-23-10-9-20(25-21)27(3)16-7-8-17-14(2)28(4)26-18(17)12-16/h5-12H,1-4H3,(H2,22,29,30)(H,23,24,25)/i3D3,5D,6D,11D. The number of benzene rings is 2. The molecular weight excluding hydrogens is 414 g/mol. The molecule has 0 fully saturated rings. The van der Waals surface area contributed by atoms with E-state index >= 15 is 0 Å². The van der Waals surface area contributed by atoms with Crippen LogP contribution in [0.3, 0.4) is 0 Å². The third-order valence-corrected chi connectivity index (χ3v) is 5.70. The second-order valence-electron chi connectivity index (χ2n) is 6.86. The number of aromatic nitrogens is 4. The fraction of sp³-hybridized carbons (Fsp3) is 0.190. The van der Waals surface area contributed by atoms with Crippen LogP contribution in [-0.2, 0) is 17.1 Å². The summed E-state index contributed by atoms with van der Waals surface area (Å²) in [5, 5.41) is 13.1. The van der Waals surface area contributed by atoms with Crippen molar-refractivity contribution in [1.82, 2.24) is 19.7 Å². The minimum atomic E-state index is -4.38. The van der Waals surface area contributed by atoms with Gasteiger partial charge in [-0.05, 0) is 55.8 Å². The zero-order chi connectivity index (χ0) is 27.4. The zero-order valence-electron chi connectivity index (χ0n) is 22.9. The van der Waals surface area contributed by atoms with Crippen molar-refractivity contribution in [1.29, 1.82) is 0 Å². The third-order valence-electron chi connectivity index (χ3n) is 4.72. The second kappa shape index (κ2) is 7.64.